The third-order valence-electron chi connectivity index (χ3n) is 2.80. The Bertz CT molecular complexity index is 318. The zero-order chi connectivity index (χ0) is 10.5. The van der Waals surface area contributed by atoms with Crippen molar-refractivity contribution in [3.8, 4) is 0 Å². The highest BCUT2D eigenvalue weighted by Gasteiger charge is 2.55. The van der Waals surface area contributed by atoms with Gasteiger partial charge in [0.1, 0.15) is 0 Å². The van der Waals surface area contributed by atoms with Crippen molar-refractivity contribution in [3.63, 3.8) is 0 Å². The van der Waals surface area contributed by atoms with E-state index in [1.165, 1.54) is 0 Å². The van der Waals surface area contributed by atoms with E-state index < -0.39 is 12.1 Å². The molecule has 1 heterocycles. The summed E-state index contributed by atoms with van der Waals surface area (Å²) in [6.07, 6.45) is -1.39. The maximum atomic E-state index is 12.5. The number of carbonyl (C=O) groups excluding carboxylic acids is 1. The molecular formula is C8H9BrF2NOP. The quantitative estimate of drug-likeness (QED) is 0.534. The predicted molar refractivity (Wildman–Crippen MR) is 54.9 cm³/mol. The fourth-order valence-electron chi connectivity index (χ4n) is 2.16. The minimum Gasteiger partial charge on any atom is -0.316 e. The number of hydrogen-bond acceptors (Lipinski definition) is 1. The van der Waals surface area contributed by atoms with E-state index in [1.54, 1.807) is 4.67 Å². The Hall–Kier alpha value is -0.0200. The van der Waals surface area contributed by atoms with E-state index in [9.17, 15) is 13.6 Å². The number of alkyl halides is 1. The molecule has 1 saturated heterocycles. The van der Waals surface area contributed by atoms with Gasteiger partial charge in [-0.3, -0.25) is 4.79 Å². The minimum atomic E-state index is -1.61. The van der Waals surface area contributed by atoms with E-state index in [0.717, 1.165) is 0 Å². The molecule has 78 valence electrons. The second-order valence-corrected chi connectivity index (χ2v) is 5.40. The second-order valence-electron chi connectivity index (χ2n) is 3.42. The van der Waals surface area contributed by atoms with Crippen LogP contribution in [-0.4, -0.2) is 28.1 Å². The van der Waals surface area contributed by atoms with Crippen LogP contribution >= 0.6 is 24.7 Å². The topological polar surface area (TPSA) is 20.3 Å². The first-order valence-corrected chi connectivity index (χ1v) is 6.62. The lowest BCUT2D eigenvalue weighted by Gasteiger charge is -2.26. The van der Waals surface area contributed by atoms with Gasteiger partial charge in [-0.15, -0.1) is 0 Å². The number of halogens is 3. The van der Waals surface area contributed by atoms with Gasteiger partial charge in [0.2, 0.25) is 5.91 Å². The van der Waals surface area contributed by atoms with Crippen molar-refractivity contribution in [1.29, 1.82) is 0 Å². The van der Waals surface area contributed by atoms with Crippen LogP contribution in [0.15, 0.2) is 11.7 Å². The third-order valence-corrected chi connectivity index (χ3v) is 4.92. The van der Waals surface area contributed by atoms with Crippen molar-refractivity contribution in [2.75, 3.05) is 6.66 Å². The molecule has 1 amide bonds. The molecule has 2 aliphatic rings. The highest BCUT2D eigenvalue weighted by atomic mass is 79.9. The first kappa shape index (κ1) is 10.5. The van der Waals surface area contributed by atoms with Crippen molar-refractivity contribution in [2.45, 2.75) is 17.3 Å². The van der Waals surface area contributed by atoms with Gasteiger partial charge in [0.15, 0.2) is 0 Å². The van der Waals surface area contributed by atoms with Gasteiger partial charge in [-0.25, -0.2) is 0 Å². The normalized spacial score (nSPS) is 36.6. The molecule has 14 heavy (non-hydrogen) atoms. The third kappa shape index (κ3) is 1.25. The molecule has 1 aliphatic heterocycles. The van der Waals surface area contributed by atoms with Gasteiger partial charge in [-0.05, 0) is 21.8 Å². The molecule has 2 bridgehead atoms. The fraction of sp³-hybridized carbons (Fsp3) is 0.625. The molecule has 0 aromatic carbocycles. The molecule has 2 nitrogen and oxygen atoms in total. The number of piperidine rings is 1. The SMILES string of the molecule is CPN1C(=O)C2CC(=C(F)F)C1C2Br. The van der Waals surface area contributed by atoms with Crippen LogP contribution in [0.2, 0.25) is 0 Å². The Balaban J connectivity index is 2.38. The average molecular weight is 284 g/mol. The number of carbonyl (C=O) groups is 1. The van der Waals surface area contributed by atoms with Gasteiger partial charge in [0.05, 0.1) is 16.8 Å². The van der Waals surface area contributed by atoms with Crippen LogP contribution in [0, 0.1) is 5.92 Å². The number of hydrogen-bond donors (Lipinski definition) is 0. The summed E-state index contributed by atoms with van der Waals surface area (Å²) in [6, 6.07) is -0.402. The molecule has 2 fully saturated rings. The first-order valence-electron chi connectivity index (χ1n) is 4.26. The zero-order valence-corrected chi connectivity index (χ0v) is 10.0. The fourth-order valence-corrected chi connectivity index (χ4v) is 4.33. The molecule has 0 aromatic rings. The smallest absolute Gasteiger partial charge is 0.271 e. The average Bonchev–Trinajstić information content (AvgIpc) is 2.56. The lowest BCUT2D eigenvalue weighted by atomic mass is 10.1. The standard InChI is InChI=1S/C8H9BrF2NOP/c1-14-12-6-4(7(10)11)2-3(5(6)9)8(12)13/h3,5-6,14H,2H2,1H3. The molecule has 0 aromatic heterocycles. The van der Waals surface area contributed by atoms with Gasteiger partial charge < -0.3 is 4.67 Å². The first-order chi connectivity index (χ1) is 6.57. The van der Waals surface area contributed by atoms with Crippen molar-refractivity contribution in [2.24, 2.45) is 5.92 Å². The number of rotatable bonds is 1. The van der Waals surface area contributed by atoms with Crippen LogP contribution in [-0.2, 0) is 4.79 Å². The molecule has 0 N–H and O–H groups in total. The molecule has 1 saturated carbocycles. The zero-order valence-electron chi connectivity index (χ0n) is 7.43. The van der Waals surface area contributed by atoms with Crippen LogP contribution in [0.1, 0.15) is 6.42 Å². The summed E-state index contributed by atoms with van der Waals surface area (Å²) in [4.78, 5) is 11.5. The van der Waals surface area contributed by atoms with Gasteiger partial charge in [0, 0.05) is 5.57 Å². The summed E-state index contributed by atoms with van der Waals surface area (Å²) in [6.45, 7) is 1.84. The molecule has 1 aliphatic carbocycles. The van der Waals surface area contributed by atoms with E-state index in [2.05, 4.69) is 15.9 Å². The Morgan fingerprint density at radius 3 is 2.71 bits per heavy atom. The number of fused-ring (bicyclic) bond motifs is 2. The van der Waals surface area contributed by atoms with Crippen LogP contribution < -0.4 is 0 Å². The molecule has 6 heteroatoms. The summed E-state index contributed by atoms with van der Waals surface area (Å²) >= 11 is 3.34. The Morgan fingerprint density at radius 2 is 2.29 bits per heavy atom. The summed E-state index contributed by atoms with van der Waals surface area (Å²) in [5.41, 5.74) is 0.144. The Labute approximate surface area is 90.7 Å². The lowest BCUT2D eigenvalue weighted by Crippen LogP contribution is -2.32. The van der Waals surface area contributed by atoms with E-state index in [4.69, 9.17) is 0 Å². The van der Waals surface area contributed by atoms with Crippen molar-refractivity contribution < 1.29 is 13.6 Å². The van der Waals surface area contributed by atoms with E-state index in [-0.39, 0.29) is 37.4 Å². The van der Waals surface area contributed by atoms with E-state index in [1.807, 2.05) is 6.66 Å². The summed E-state index contributed by atoms with van der Waals surface area (Å²) < 4.78 is 26.6. The lowest BCUT2D eigenvalue weighted by molar-refractivity contribution is -0.128. The number of nitrogens with zero attached hydrogens (tertiary/aromatic N) is 1. The monoisotopic (exact) mass is 283 g/mol. The Morgan fingerprint density at radius 1 is 1.64 bits per heavy atom. The van der Waals surface area contributed by atoms with Gasteiger partial charge in [-0.1, -0.05) is 15.9 Å². The molecule has 2 rings (SSSR count). The molecule has 4 atom stereocenters. The maximum absolute atomic E-state index is 12.5. The molecule has 4 unspecified atom stereocenters. The van der Waals surface area contributed by atoms with E-state index >= 15 is 0 Å². The predicted octanol–water partition coefficient (Wildman–Crippen LogP) is 2.35. The summed E-state index contributed by atoms with van der Waals surface area (Å²) in [5.74, 6) is -0.258. The van der Waals surface area contributed by atoms with Gasteiger partial charge >= 0.3 is 0 Å². The largest absolute Gasteiger partial charge is 0.316 e. The summed E-state index contributed by atoms with van der Waals surface area (Å²) in [7, 11) is 0.260. The van der Waals surface area contributed by atoms with Gasteiger partial charge in [0.25, 0.3) is 6.08 Å². The minimum absolute atomic E-state index is 0.0164. The van der Waals surface area contributed by atoms with Crippen molar-refractivity contribution in [1.82, 2.24) is 4.67 Å². The molecule has 0 radical (unpaired) electrons. The highest BCUT2D eigenvalue weighted by molar-refractivity contribution is 9.09. The second kappa shape index (κ2) is 3.53. The Kier molecular flexibility index (Phi) is 2.64. The van der Waals surface area contributed by atoms with Crippen LogP contribution in [0.3, 0.4) is 0 Å². The molecular weight excluding hydrogens is 275 g/mol. The molecule has 0 spiro atoms. The van der Waals surface area contributed by atoms with Gasteiger partial charge in [-0.2, -0.15) is 8.78 Å². The van der Waals surface area contributed by atoms with Crippen molar-refractivity contribution >= 4 is 30.6 Å². The van der Waals surface area contributed by atoms with E-state index in [0.29, 0.717) is 0 Å². The van der Waals surface area contributed by atoms with Crippen LogP contribution in [0.4, 0.5) is 8.78 Å². The number of amides is 1. The highest BCUT2D eigenvalue weighted by Crippen LogP contribution is 2.51. The van der Waals surface area contributed by atoms with Crippen molar-refractivity contribution in [3.05, 3.63) is 11.7 Å². The van der Waals surface area contributed by atoms with Crippen LogP contribution in [0.25, 0.3) is 0 Å². The summed E-state index contributed by atoms with van der Waals surface area (Å²) in [5, 5.41) is 0. The maximum Gasteiger partial charge on any atom is 0.271 e. The van der Waals surface area contributed by atoms with Crippen LogP contribution in [0.5, 0.6) is 0 Å².